The van der Waals surface area contributed by atoms with Crippen molar-refractivity contribution in [2.75, 3.05) is 12.4 Å². The van der Waals surface area contributed by atoms with Crippen LogP contribution in [0.25, 0.3) is 33.1 Å². The lowest BCUT2D eigenvalue weighted by Gasteiger charge is -2.11. The lowest BCUT2D eigenvalue weighted by Crippen LogP contribution is -2.17. The van der Waals surface area contributed by atoms with Gasteiger partial charge in [-0.2, -0.15) is 0 Å². The summed E-state index contributed by atoms with van der Waals surface area (Å²) in [5, 5.41) is 2.38. The van der Waals surface area contributed by atoms with Crippen molar-refractivity contribution in [2.24, 2.45) is 0 Å². The van der Waals surface area contributed by atoms with Crippen LogP contribution in [0.3, 0.4) is 0 Å². The van der Waals surface area contributed by atoms with Crippen molar-refractivity contribution in [3.05, 3.63) is 106 Å². The lowest BCUT2D eigenvalue weighted by molar-refractivity contribution is 0.0501. The van der Waals surface area contributed by atoms with Gasteiger partial charge in [-0.25, -0.2) is 14.6 Å². The zero-order valence-electron chi connectivity index (χ0n) is 18.6. The minimum atomic E-state index is -0.696. The zero-order valence-corrected chi connectivity index (χ0v) is 20.1. The predicted octanol–water partition coefficient (Wildman–Crippen LogP) is 7.00. The average Bonchev–Trinajstić information content (AvgIpc) is 2.88. The third-order valence-electron chi connectivity index (χ3n) is 5.47. The van der Waals surface area contributed by atoms with Gasteiger partial charge in [-0.05, 0) is 36.8 Å². The van der Waals surface area contributed by atoms with Crippen LogP contribution >= 0.6 is 23.4 Å². The summed E-state index contributed by atoms with van der Waals surface area (Å²) in [6.45, 7) is 0.193. The van der Waals surface area contributed by atoms with Crippen LogP contribution in [0.4, 0.5) is 0 Å². The van der Waals surface area contributed by atoms with Gasteiger partial charge in [0.2, 0.25) is 0 Å². The molecule has 0 aliphatic carbocycles. The monoisotopic (exact) mass is 501 g/mol. The third-order valence-corrected chi connectivity index (χ3v) is 6.94. The highest BCUT2D eigenvalue weighted by Gasteiger charge is 2.15. The van der Waals surface area contributed by atoms with E-state index in [1.165, 1.54) is 6.07 Å². The SMILES string of the molecule is O=C(OCCCSc1cc(-c2ccccc2Cl)nc2ccccc12)c1cc2ccccc2oc1=O. The van der Waals surface area contributed by atoms with E-state index in [1.807, 2.05) is 60.7 Å². The number of hydrogen-bond donors (Lipinski definition) is 0. The topological polar surface area (TPSA) is 69.4 Å². The summed E-state index contributed by atoms with van der Waals surface area (Å²) in [5.41, 5.74) is 2.23. The van der Waals surface area contributed by atoms with E-state index in [0.29, 0.717) is 22.4 Å². The van der Waals surface area contributed by atoms with Crippen LogP contribution in [-0.2, 0) is 4.74 Å². The summed E-state index contributed by atoms with van der Waals surface area (Å²) in [4.78, 5) is 30.5. The summed E-state index contributed by atoms with van der Waals surface area (Å²) in [6.07, 6.45) is 0.618. The maximum Gasteiger partial charge on any atom is 0.351 e. The molecule has 0 atom stereocenters. The van der Waals surface area contributed by atoms with E-state index in [4.69, 9.17) is 25.7 Å². The predicted molar refractivity (Wildman–Crippen MR) is 140 cm³/mol. The molecule has 0 saturated heterocycles. The normalized spacial score (nSPS) is 11.1. The van der Waals surface area contributed by atoms with Crippen LogP contribution in [0.2, 0.25) is 5.02 Å². The van der Waals surface area contributed by atoms with Crippen LogP contribution in [0.5, 0.6) is 0 Å². The Labute approximate surface area is 210 Å². The molecular formula is C28H20ClNO4S. The molecule has 0 aliphatic rings. The number of nitrogens with zero attached hydrogens (tertiary/aromatic N) is 1. The van der Waals surface area contributed by atoms with E-state index in [2.05, 4.69) is 0 Å². The number of fused-ring (bicyclic) bond motifs is 2. The molecule has 5 rings (SSSR count). The Bertz CT molecular complexity index is 1600. The number of para-hydroxylation sites is 2. The van der Waals surface area contributed by atoms with Gasteiger partial charge in [0.25, 0.3) is 0 Å². The second-order valence-electron chi connectivity index (χ2n) is 7.83. The Morgan fingerprint density at radius 2 is 1.74 bits per heavy atom. The second kappa shape index (κ2) is 10.3. The number of rotatable bonds is 7. The van der Waals surface area contributed by atoms with E-state index >= 15 is 0 Å². The van der Waals surface area contributed by atoms with Gasteiger partial charge in [0.1, 0.15) is 11.1 Å². The Kier molecular flexibility index (Phi) is 6.84. The molecular weight excluding hydrogens is 482 g/mol. The van der Waals surface area contributed by atoms with Crippen molar-refractivity contribution in [3.63, 3.8) is 0 Å². The fraction of sp³-hybridized carbons (Fsp3) is 0.107. The number of thioether (sulfide) groups is 1. The van der Waals surface area contributed by atoms with Crippen molar-refractivity contribution in [1.82, 2.24) is 4.98 Å². The molecule has 5 nitrogen and oxygen atoms in total. The van der Waals surface area contributed by atoms with Gasteiger partial charge in [-0.1, -0.05) is 66.2 Å². The molecule has 0 fully saturated rings. The van der Waals surface area contributed by atoms with Crippen molar-refractivity contribution in [2.45, 2.75) is 11.3 Å². The maximum atomic E-state index is 12.4. The summed E-state index contributed by atoms with van der Waals surface area (Å²) >= 11 is 8.07. The quantitative estimate of drug-likeness (QED) is 0.103. The minimum absolute atomic E-state index is 0.0964. The van der Waals surface area contributed by atoms with Crippen LogP contribution in [0.1, 0.15) is 16.8 Å². The second-order valence-corrected chi connectivity index (χ2v) is 9.37. The molecule has 3 aromatic carbocycles. The highest BCUT2D eigenvalue weighted by molar-refractivity contribution is 7.99. The number of halogens is 1. The fourth-order valence-electron chi connectivity index (χ4n) is 3.76. The third kappa shape index (κ3) is 5.09. The first-order valence-corrected chi connectivity index (χ1v) is 12.4. The Balaban J connectivity index is 1.26. The molecule has 0 aliphatic heterocycles. The Morgan fingerprint density at radius 3 is 2.63 bits per heavy atom. The van der Waals surface area contributed by atoms with Crippen molar-refractivity contribution < 1.29 is 13.9 Å². The number of aromatic nitrogens is 1. The first-order chi connectivity index (χ1) is 17.1. The molecule has 0 radical (unpaired) electrons. The highest BCUT2D eigenvalue weighted by Crippen LogP contribution is 2.34. The molecule has 0 amide bonds. The summed E-state index contributed by atoms with van der Waals surface area (Å²) in [7, 11) is 0. The Hall–Kier alpha value is -3.61. The molecule has 0 saturated carbocycles. The van der Waals surface area contributed by atoms with E-state index in [9.17, 15) is 9.59 Å². The lowest BCUT2D eigenvalue weighted by atomic mass is 10.1. The van der Waals surface area contributed by atoms with E-state index in [1.54, 1.807) is 30.0 Å². The van der Waals surface area contributed by atoms with Gasteiger partial charge in [0.05, 0.1) is 17.8 Å². The zero-order chi connectivity index (χ0) is 24.2. The van der Waals surface area contributed by atoms with Gasteiger partial charge in [0, 0.05) is 32.0 Å². The van der Waals surface area contributed by atoms with E-state index in [0.717, 1.165) is 32.8 Å². The molecule has 0 spiro atoms. The molecule has 7 heteroatoms. The summed E-state index contributed by atoms with van der Waals surface area (Å²) < 4.78 is 10.6. The van der Waals surface area contributed by atoms with Crippen LogP contribution in [0.15, 0.2) is 99.0 Å². The summed E-state index contributed by atoms with van der Waals surface area (Å²) in [6, 6.07) is 26.2. The molecule has 0 unspecified atom stereocenters. The number of carbonyl (C=O) groups excluding carboxylic acids is 1. The average molecular weight is 502 g/mol. The van der Waals surface area contributed by atoms with Gasteiger partial charge >= 0.3 is 11.6 Å². The van der Waals surface area contributed by atoms with Gasteiger partial charge in [-0.3, -0.25) is 0 Å². The fourth-order valence-corrected chi connectivity index (χ4v) is 5.00. The number of hydrogen-bond acceptors (Lipinski definition) is 6. The molecule has 35 heavy (non-hydrogen) atoms. The molecule has 174 valence electrons. The van der Waals surface area contributed by atoms with Crippen molar-refractivity contribution >= 4 is 51.2 Å². The molecule has 0 bridgehead atoms. The van der Waals surface area contributed by atoms with Crippen molar-refractivity contribution in [1.29, 1.82) is 0 Å². The molecule has 0 N–H and O–H groups in total. The first-order valence-electron chi connectivity index (χ1n) is 11.1. The number of ether oxygens (including phenoxy) is 1. The van der Waals surface area contributed by atoms with Gasteiger partial charge in [-0.15, -0.1) is 11.8 Å². The van der Waals surface area contributed by atoms with E-state index in [-0.39, 0.29) is 12.2 Å². The standard InChI is InChI=1S/C28H20ClNO4S/c29-22-11-4-2-9-19(22)24-17-26(20-10-3-5-12-23(20)30-24)35-15-7-14-33-27(31)21-16-18-8-1-6-13-25(18)34-28(21)32/h1-6,8-13,16-17H,7,14-15H2. The number of benzene rings is 3. The first kappa shape index (κ1) is 23.1. The number of carbonyl (C=O) groups is 1. The molecule has 2 heterocycles. The van der Waals surface area contributed by atoms with Crippen LogP contribution in [0, 0.1) is 0 Å². The highest BCUT2D eigenvalue weighted by atomic mass is 35.5. The number of pyridine rings is 1. The van der Waals surface area contributed by atoms with E-state index < -0.39 is 11.6 Å². The molecule has 5 aromatic rings. The maximum absolute atomic E-state index is 12.4. The van der Waals surface area contributed by atoms with Crippen LogP contribution in [-0.4, -0.2) is 23.3 Å². The summed E-state index contributed by atoms with van der Waals surface area (Å²) in [5.74, 6) is 0.0418. The van der Waals surface area contributed by atoms with Gasteiger partial charge < -0.3 is 9.15 Å². The van der Waals surface area contributed by atoms with Gasteiger partial charge in [0.15, 0.2) is 0 Å². The van der Waals surface area contributed by atoms with Crippen LogP contribution < -0.4 is 5.63 Å². The Morgan fingerprint density at radius 1 is 0.971 bits per heavy atom. The number of esters is 1. The largest absolute Gasteiger partial charge is 0.462 e. The molecule has 2 aromatic heterocycles. The smallest absolute Gasteiger partial charge is 0.351 e. The minimum Gasteiger partial charge on any atom is -0.462 e. The van der Waals surface area contributed by atoms with Crippen molar-refractivity contribution in [3.8, 4) is 11.3 Å².